The summed E-state index contributed by atoms with van der Waals surface area (Å²) in [6, 6.07) is 11.0. The molecule has 2 aromatic carbocycles. The van der Waals surface area contributed by atoms with Crippen LogP contribution in [-0.2, 0) is 16.1 Å². The van der Waals surface area contributed by atoms with Gasteiger partial charge >= 0.3 is 5.69 Å². The zero-order chi connectivity index (χ0) is 23.7. The second kappa shape index (κ2) is 11.7. The van der Waals surface area contributed by atoms with Gasteiger partial charge in [0.05, 0.1) is 12.0 Å². The lowest BCUT2D eigenvalue weighted by atomic mass is 10.1. The molecule has 0 fully saturated rings. The Morgan fingerprint density at radius 2 is 1.91 bits per heavy atom. The summed E-state index contributed by atoms with van der Waals surface area (Å²) in [4.78, 5) is 37.8. The number of carbonyl (C=O) groups is 2. The van der Waals surface area contributed by atoms with Crippen molar-refractivity contribution >= 4 is 17.5 Å². The Hall–Kier alpha value is -3.62. The Labute approximate surface area is 187 Å². The predicted molar refractivity (Wildman–Crippen MR) is 120 cm³/mol. The predicted octanol–water partition coefficient (Wildman–Crippen LogP) is 3.23. The lowest BCUT2D eigenvalue weighted by Gasteiger charge is -2.31. The molecule has 1 unspecified atom stereocenters. The molecule has 0 spiro atoms. The van der Waals surface area contributed by atoms with E-state index in [-0.39, 0.29) is 42.2 Å². The molecule has 2 aromatic rings. The van der Waals surface area contributed by atoms with Gasteiger partial charge in [-0.15, -0.1) is 0 Å². The van der Waals surface area contributed by atoms with E-state index in [1.165, 1.54) is 30.2 Å². The molecule has 1 atom stereocenters. The minimum Gasteiger partial charge on any atom is -0.490 e. The number of methoxy groups -OCH3 is 1. The van der Waals surface area contributed by atoms with Gasteiger partial charge in [-0.1, -0.05) is 31.2 Å². The summed E-state index contributed by atoms with van der Waals surface area (Å²) >= 11 is 0. The van der Waals surface area contributed by atoms with E-state index in [4.69, 9.17) is 9.47 Å². The van der Waals surface area contributed by atoms with E-state index in [0.717, 1.165) is 11.1 Å². The van der Waals surface area contributed by atoms with Crippen molar-refractivity contribution in [2.75, 3.05) is 20.3 Å². The fraction of sp³-hybridized carbons (Fsp3) is 0.391. The lowest BCUT2D eigenvalue weighted by molar-refractivity contribution is -0.385. The minimum atomic E-state index is -0.656. The Kier molecular flexibility index (Phi) is 9.00. The van der Waals surface area contributed by atoms with E-state index in [1.807, 2.05) is 45.0 Å². The number of ether oxygens (including phenoxy) is 2. The van der Waals surface area contributed by atoms with Crippen LogP contribution >= 0.6 is 0 Å². The molecule has 9 nitrogen and oxygen atoms in total. The number of nitro groups is 1. The summed E-state index contributed by atoms with van der Waals surface area (Å²) in [7, 11) is 1.32. The fourth-order valence-electron chi connectivity index (χ4n) is 3.31. The molecule has 0 bridgehead atoms. The first-order valence-corrected chi connectivity index (χ1v) is 10.4. The van der Waals surface area contributed by atoms with Gasteiger partial charge in [0.25, 0.3) is 5.91 Å². The first kappa shape index (κ1) is 24.6. The van der Waals surface area contributed by atoms with Crippen LogP contribution in [0.3, 0.4) is 0 Å². The van der Waals surface area contributed by atoms with Crippen LogP contribution in [-0.4, -0.2) is 47.9 Å². The Morgan fingerprint density at radius 3 is 2.50 bits per heavy atom. The summed E-state index contributed by atoms with van der Waals surface area (Å²) in [6.07, 6.45) is 0.439. The van der Waals surface area contributed by atoms with Crippen LogP contribution in [0, 0.1) is 17.0 Å². The van der Waals surface area contributed by atoms with Gasteiger partial charge in [-0.05, 0) is 37.5 Å². The minimum absolute atomic E-state index is 0.0328. The first-order chi connectivity index (χ1) is 15.3. The topological polar surface area (TPSA) is 111 Å². The van der Waals surface area contributed by atoms with Crippen molar-refractivity contribution in [1.29, 1.82) is 0 Å². The number of nitrogens with zero attached hydrogens (tertiary/aromatic N) is 2. The monoisotopic (exact) mass is 443 g/mol. The van der Waals surface area contributed by atoms with Crippen LogP contribution in [0.5, 0.6) is 11.5 Å². The highest BCUT2D eigenvalue weighted by molar-refractivity contribution is 5.88. The zero-order valence-electron chi connectivity index (χ0n) is 18.8. The third-order valence-corrected chi connectivity index (χ3v) is 5.05. The number of hydrogen-bond acceptors (Lipinski definition) is 6. The van der Waals surface area contributed by atoms with E-state index in [9.17, 15) is 19.7 Å². The second-order valence-corrected chi connectivity index (χ2v) is 7.15. The number of nitro benzene ring substituents is 1. The van der Waals surface area contributed by atoms with Crippen molar-refractivity contribution in [2.24, 2.45) is 0 Å². The molecule has 0 aliphatic carbocycles. The van der Waals surface area contributed by atoms with E-state index in [2.05, 4.69) is 5.32 Å². The van der Waals surface area contributed by atoms with Crippen LogP contribution in [0.4, 0.5) is 5.69 Å². The standard InChI is InChI=1S/C23H29N3O6/c1-5-19(23(28)24-6-2)25(14-17-10-8-7-9-16(17)3)22(27)15-32-18-11-12-20(26(29)30)21(13-18)31-4/h7-13,19H,5-6,14-15H2,1-4H3,(H,24,28). The Morgan fingerprint density at radius 1 is 1.19 bits per heavy atom. The van der Waals surface area contributed by atoms with Gasteiger partial charge in [0.1, 0.15) is 11.8 Å². The first-order valence-electron chi connectivity index (χ1n) is 10.4. The lowest BCUT2D eigenvalue weighted by Crippen LogP contribution is -2.50. The third-order valence-electron chi connectivity index (χ3n) is 5.05. The number of carbonyl (C=O) groups excluding carboxylic acids is 2. The van der Waals surface area contributed by atoms with Crippen LogP contribution in [0.15, 0.2) is 42.5 Å². The van der Waals surface area contributed by atoms with Crippen LogP contribution in [0.1, 0.15) is 31.4 Å². The van der Waals surface area contributed by atoms with Crippen molar-refractivity contribution in [3.8, 4) is 11.5 Å². The van der Waals surface area contributed by atoms with Crippen LogP contribution in [0.2, 0.25) is 0 Å². The smallest absolute Gasteiger partial charge is 0.311 e. The van der Waals surface area contributed by atoms with Crippen LogP contribution < -0.4 is 14.8 Å². The molecule has 0 aliphatic heterocycles. The SMILES string of the molecule is CCNC(=O)C(CC)N(Cc1ccccc1C)C(=O)COc1ccc([N+](=O)[O-])c(OC)c1. The summed E-state index contributed by atoms with van der Waals surface area (Å²) in [5, 5.41) is 13.8. The molecule has 0 saturated heterocycles. The van der Waals surface area contributed by atoms with Crippen LogP contribution in [0.25, 0.3) is 0 Å². The molecule has 32 heavy (non-hydrogen) atoms. The highest BCUT2D eigenvalue weighted by Gasteiger charge is 2.29. The van der Waals surface area contributed by atoms with Crippen molar-refractivity contribution in [3.63, 3.8) is 0 Å². The Balaban J connectivity index is 2.24. The maximum atomic E-state index is 13.2. The number of hydrogen-bond donors (Lipinski definition) is 1. The summed E-state index contributed by atoms with van der Waals surface area (Å²) in [6.45, 7) is 6.01. The van der Waals surface area contributed by atoms with Gasteiger partial charge in [0.2, 0.25) is 11.7 Å². The molecule has 0 aliphatic rings. The van der Waals surface area contributed by atoms with Crippen molar-refractivity contribution in [2.45, 2.75) is 39.8 Å². The molecule has 0 aromatic heterocycles. The number of likely N-dealkylation sites (N-methyl/N-ethyl adjacent to an activating group) is 1. The molecule has 0 saturated carbocycles. The Bertz CT molecular complexity index is 962. The zero-order valence-corrected chi connectivity index (χ0v) is 18.8. The fourth-order valence-corrected chi connectivity index (χ4v) is 3.31. The van der Waals surface area contributed by atoms with Crippen molar-refractivity contribution in [3.05, 3.63) is 63.7 Å². The summed E-state index contributed by atoms with van der Waals surface area (Å²) in [5.74, 6) is -0.314. The van der Waals surface area contributed by atoms with Gasteiger partial charge in [0, 0.05) is 25.2 Å². The van der Waals surface area contributed by atoms with E-state index >= 15 is 0 Å². The van der Waals surface area contributed by atoms with Crippen molar-refractivity contribution in [1.82, 2.24) is 10.2 Å². The highest BCUT2D eigenvalue weighted by Crippen LogP contribution is 2.30. The average molecular weight is 444 g/mol. The van der Waals surface area contributed by atoms with E-state index in [0.29, 0.717) is 13.0 Å². The quantitative estimate of drug-likeness (QED) is 0.422. The molecular weight excluding hydrogens is 414 g/mol. The maximum absolute atomic E-state index is 13.2. The molecule has 0 radical (unpaired) electrons. The van der Waals surface area contributed by atoms with E-state index in [1.54, 1.807) is 0 Å². The molecule has 9 heteroatoms. The average Bonchev–Trinajstić information content (AvgIpc) is 2.78. The van der Waals surface area contributed by atoms with E-state index < -0.39 is 11.0 Å². The molecule has 2 amide bonds. The number of amides is 2. The third kappa shape index (κ3) is 6.19. The summed E-state index contributed by atoms with van der Waals surface area (Å²) in [5.41, 5.74) is 1.74. The number of benzene rings is 2. The molecule has 0 heterocycles. The second-order valence-electron chi connectivity index (χ2n) is 7.15. The maximum Gasteiger partial charge on any atom is 0.311 e. The molecule has 172 valence electrons. The molecule has 2 rings (SSSR count). The highest BCUT2D eigenvalue weighted by atomic mass is 16.6. The largest absolute Gasteiger partial charge is 0.490 e. The normalized spacial score (nSPS) is 11.4. The van der Waals surface area contributed by atoms with Gasteiger partial charge < -0.3 is 19.7 Å². The number of rotatable bonds is 11. The van der Waals surface area contributed by atoms with Crippen molar-refractivity contribution < 1.29 is 24.0 Å². The molecular formula is C23H29N3O6. The molecule has 1 N–H and O–H groups in total. The van der Waals surface area contributed by atoms with Gasteiger partial charge in [-0.3, -0.25) is 19.7 Å². The summed E-state index contributed by atoms with van der Waals surface area (Å²) < 4.78 is 10.6. The number of aryl methyl sites for hydroxylation is 1. The number of nitrogens with one attached hydrogen (secondary N) is 1. The van der Waals surface area contributed by atoms with Gasteiger partial charge in [0.15, 0.2) is 6.61 Å². The van der Waals surface area contributed by atoms with Gasteiger partial charge in [-0.2, -0.15) is 0 Å². The van der Waals surface area contributed by atoms with Gasteiger partial charge in [-0.25, -0.2) is 0 Å².